The lowest BCUT2D eigenvalue weighted by Gasteiger charge is -1.96. The lowest BCUT2D eigenvalue weighted by molar-refractivity contribution is 0.319. The minimum absolute atomic E-state index is 0.648. The highest BCUT2D eigenvalue weighted by atomic mass is 79.9. The molecule has 0 unspecified atom stereocenters. The number of benzene rings is 1. The fourth-order valence-corrected chi connectivity index (χ4v) is 2.68. The molecule has 0 aliphatic rings. The highest BCUT2D eigenvalue weighted by molar-refractivity contribution is 9.10. The fourth-order valence-electron chi connectivity index (χ4n) is 1.34. The van der Waals surface area contributed by atoms with E-state index in [1.807, 2.05) is 17.5 Å². The molecular formula is C10H8BrNOS. The zero-order valence-electron chi connectivity index (χ0n) is 7.49. The topological polar surface area (TPSA) is 32.6 Å². The summed E-state index contributed by atoms with van der Waals surface area (Å²) in [5, 5.41) is 15.1. The summed E-state index contributed by atoms with van der Waals surface area (Å²) in [4.78, 5) is 0. The number of halogens is 1. The zero-order chi connectivity index (χ0) is 10.1. The van der Waals surface area contributed by atoms with Gasteiger partial charge in [-0.2, -0.15) is 0 Å². The molecule has 0 saturated heterocycles. The molecule has 1 aromatic carbocycles. The van der Waals surface area contributed by atoms with Crippen molar-refractivity contribution in [2.75, 3.05) is 0 Å². The maximum absolute atomic E-state index is 8.72. The van der Waals surface area contributed by atoms with Crippen molar-refractivity contribution in [3.05, 3.63) is 33.6 Å². The highest BCUT2D eigenvalue weighted by Gasteiger charge is 2.07. The van der Waals surface area contributed by atoms with E-state index in [1.54, 1.807) is 18.3 Å². The average Bonchev–Trinajstić information content (AvgIpc) is 2.59. The molecule has 0 aliphatic heterocycles. The molecule has 14 heavy (non-hydrogen) atoms. The Morgan fingerprint density at radius 3 is 3.00 bits per heavy atom. The van der Waals surface area contributed by atoms with Gasteiger partial charge in [-0.3, -0.25) is 0 Å². The van der Waals surface area contributed by atoms with Gasteiger partial charge in [-0.15, -0.1) is 11.3 Å². The quantitative estimate of drug-likeness (QED) is 0.476. The molecule has 0 aliphatic carbocycles. The van der Waals surface area contributed by atoms with Crippen molar-refractivity contribution in [3.8, 4) is 0 Å². The van der Waals surface area contributed by atoms with E-state index in [4.69, 9.17) is 5.21 Å². The molecule has 2 aromatic rings. The van der Waals surface area contributed by atoms with Gasteiger partial charge >= 0.3 is 0 Å². The Morgan fingerprint density at radius 1 is 1.50 bits per heavy atom. The lowest BCUT2D eigenvalue weighted by atomic mass is 10.1. The van der Waals surface area contributed by atoms with Crippen LogP contribution in [0.5, 0.6) is 0 Å². The average molecular weight is 270 g/mol. The summed E-state index contributed by atoms with van der Waals surface area (Å²) in [6, 6.07) is 6.10. The number of hydrogen-bond donors (Lipinski definition) is 1. The van der Waals surface area contributed by atoms with Crippen molar-refractivity contribution in [1.29, 1.82) is 0 Å². The SMILES string of the molecule is CC(=NO)c1csc2ccc(Br)cc12. The van der Waals surface area contributed by atoms with Gasteiger partial charge in [0.25, 0.3) is 0 Å². The van der Waals surface area contributed by atoms with Crippen LogP contribution in [0.3, 0.4) is 0 Å². The minimum Gasteiger partial charge on any atom is -0.411 e. The van der Waals surface area contributed by atoms with E-state index >= 15 is 0 Å². The molecule has 0 spiro atoms. The van der Waals surface area contributed by atoms with Crippen LogP contribution in [0.4, 0.5) is 0 Å². The third-order valence-electron chi connectivity index (χ3n) is 2.08. The van der Waals surface area contributed by atoms with Crippen molar-refractivity contribution >= 4 is 43.1 Å². The third kappa shape index (κ3) is 1.55. The summed E-state index contributed by atoms with van der Waals surface area (Å²) in [5.41, 5.74) is 1.64. The summed E-state index contributed by atoms with van der Waals surface area (Å²) in [6.07, 6.45) is 0. The van der Waals surface area contributed by atoms with E-state index in [0.717, 1.165) is 15.4 Å². The molecule has 2 nitrogen and oxygen atoms in total. The Labute approximate surface area is 94.0 Å². The first-order valence-corrected chi connectivity index (χ1v) is 5.75. The largest absolute Gasteiger partial charge is 0.411 e. The molecule has 0 atom stereocenters. The molecular weight excluding hydrogens is 262 g/mol. The maximum Gasteiger partial charge on any atom is 0.0851 e. The molecule has 4 heteroatoms. The molecule has 0 radical (unpaired) electrons. The first kappa shape index (κ1) is 9.68. The number of oxime groups is 1. The smallest absolute Gasteiger partial charge is 0.0851 e. The van der Waals surface area contributed by atoms with Gasteiger partial charge < -0.3 is 5.21 Å². The third-order valence-corrected chi connectivity index (χ3v) is 3.53. The fraction of sp³-hybridized carbons (Fsp3) is 0.100. The predicted octanol–water partition coefficient (Wildman–Crippen LogP) is 3.86. The summed E-state index contributed by atoms with van der Waals surface area (Å²) in [7, 11) is 0. The van der Waals surface area contributed by atoms with E-state index in [2.05, 4.69) is 27.2 Å². The van der Waals surface area contributed by atoms with Gasteiger partial charge in [0.2, 0.25) is 0 Å². The van der Waals surface area contributed by atoms with Crippen LogP contribution in [0.2, 0.25) is 0 Å². The van der Waals surface area contributed by atoms with Crippen LogP contribution in [0.1, 0.15) is 12.5 Å². The van der Waals surface area contributed by atoms with Gasteiger partial charge in [0.15, 0.2) is 0 Å². The second-order valence-electron chi connectivity index (χ2n) is 2.98. The number of rotatable bonds is 1. The molecule has 2 rings (SSSR count). The molecule has 1 aromatic heterocycles. The van der Waals surface area contributed by atoms with Crippen molar-refractivity contribution in [3.63, 3.8) is 0 Å². The van der Waals surface area contributed by atoms with Crippen LogP contribution in [-0.4, -0.2) is 10.9 Å². The number of nitrogens with zero attached hydrogens (tertiary/aromatic N) is 1. The number of fused-ring (bicyclic) bond motifs is 1. The van der Waals surface area contributed by atoms with Crippen molar-refractivity contribution in [1.82, 2.24) is 0 Å². The van der Waals surface area contributed by atoms with Gasteiger partial charge in [-0.1, -0.05) is 21.1 Å². The molecule has 0 amide bonds. The van der Waals surface area contributed by atoms with Gasteiger partial charge in [-0.25, -0.2) is 0 Å². The lowest BCUT2D eigenvalue weighted by Crippen LogP contribution is -1.91. The van der Waals surface area contributed by atoms with Crippen molar-refractivity contribution in [2.45, 2.75) is 6.92 Å². The summed E-state index contributed by atoms with van der Waals surface area (Å²) >= 11 is 5.08. The minimum atomic E-state index is 0.648. The Hall–Kier alpha value is -0.870. The van der Waals surface area contributed by atoms with Crippen LogP contribution in [-0.2, 0) is 0 Å². The zero-order valence-corrected chi connectivity index (χ0v) is 9.89. The van der Waals surface area contributed by atoms with Crippen LogP contribution in [0, 0.1) is 0 Å². The van der Waals surface area contributed by atoms with Gasteiger partial charge in [0.05, 0.1) is 5.71 Å². The Bertz CT molecular complexity index is 504. The number of thiophene rings is 1. The Balaban J connectivity index is 2.73. The van der Waals surface area contributed by atoms with Gasteiger partial charge in [0.1, 0.15) is 0 Å². The van der Waals surface area contributed by atoms with E-state index in [-0.39, 0.29) is 0 Å². The monoisotopic (exact) mass is 269 g/mol. The number of hydrogen-bond acceptors (Lipinski definition) is 3. The molecule has 0 bridgehead atoms. The summed E-state index contributed by atoms with van der Waals surface area (Å²) < 4.78 is 2.24. The molecule has 1 N–H and O–H groups in total. The van der Waals surface area contributed by atoms with Gasteiger partial charge in [-0.05, 0) is 25.1 Å². The first-order chi connectivity index (χ1) is 6.72. The molecule has 0 saturated carbocycles. The highest BCUT2D eigenvalue weighted by Crippen LogP contribution is 2.29. The van der Waals surface area contributed by atoms with Gasteiger partial charge in [0, 0.05) is 25.5 Å². The van der Waals surface area contributed by atoms with E-state index in [9.17, 15) is 0 Å². The summed E-state index contributed by atoms with van der Waals surface area (Å²) in [5.74, 6) is 0. The standard InChI is InChI=1S/C10H8BrNOS/c1-6(12-13)9-5-14-10-3-2-7(11)4-8(9)10/h2-5,13H,1H3. The summed E-state index contributed by atoms with van der Waals surface area (Å²) in [6.45, 7) is 1.79. The maximum atomic E-state index is 8.72. The van der Waals surface area contributed by atoms with Crippen LogP contribution >= 0.6 is 27.3 Å². The van der Waals surface area contributed by atoms with Crippen molar-refractivity contribution in [2.24, 2.45) is 5.16 Å². The molecule has 1 heterocycles. The van der Waals surface area contributed by atoms with Crippen molar-refractivity contribution < 1.29 is 5.21 Å². The molecule has 0 fully saturated rings. The van der Waals surface area contributed by atoms with Crippen LogP contribution in [0.15, 0.2) is 33.2 Å². The second kappa shape index (κ2) is 3.71. The molecule has 72 valence electrons. The van der Waals surface area contributed by atoms with Crippen LogP contribution < -0.4 is 0 Å². The van der Waals surface area contributed by atoms with E-state index in [0.29, 0.717) is 5.71 Å². The normalized spacial score (nSPS) is 12.3. The van der Waals surface area contributed by atoms with E-state index in [1.165, 1.54) is 4.70 Å². The Morgan fingerprint density at radius 2 is 2.29 bits per heavy atom. The second-order valence-corrected chi connectivity index (χ2v) is 4.80. The van der Waals surface area contributed by atoms with Crippen LogP contribution in [0.25, 0.3) is 10.1 Å². The first-order valence-electron chi connectivity index (χ1n) is 4.08. The van der Waals surface area contributed by atoms with E-state index < -0.39 is 0 Å². The predicted molar refractivity (Wildman–Crippen MR) is 63.5 cm³/mol. The Kier molecular flexibility index (Phi) is 2.56.